The van der Waals surface area contributed by atoms with Crippen molar-refractivity contribution in [1.29, 1.82) is 0 Å². The minimum atomic E-state index is -3.41. The van der Waals surface area contributed by atoms with Crippen LogP contribution < -0.4 is 0 Å². The lowest BCUT2D eigenvalue weighted by Gasteiger charge is -2.17. The highest BCUT2D eigenvalue weighted by Gasteiger charge is 2.22. The number of unbranched alkanes of at least 4 members (excludes halogenated alkanes) is 1. The number of nitrogens with zero attached hydrogens (tertiary/aromatic N) is 1. The largest absolute Gasteiger partial charge is 0.243 e. The SMILES string of the molecule is C=CCCCN(C)S(=O)(=O)c1ccc(C)cc1Br. The Bertz CT molecular complexity index is 526. The molecule has 0 spiro atoms. The van der Waals surface area contributed by atoms with Crippen molar-refractivity contribution in [3.05, 3.63) is 40.9 Å². The van der Waals surface area contributed by atoms with Crippen LogP contribution in [-0.4, -0.2) is 26.3 Å². The van der Waals surface area contributed by atoms with Crippen LogP contribution in [0, 0.1) is 6.92 Å². The molecule has 3 nitrogen and oxygen atoms in total. The van der Waals surface area contributed by atoms with Gasteiger partial charge < -0.3 is 0 Å². The van der Waals surface area contributed by atoms with Gasteiger partial charge in [-0.05, 0) is 53.4 Å². The molecule has 100 valence electrons. The molecule has 0 bridgehead atoms. The normalized spacial score (nSPS) is 11.8. The second kappa shape index (κ2) is 6.50. The Balaban J connectivity index is 2.94. The second-order valence-electron chi connectivity index (χ2n) is 4.19. The van der Waals surface area contributed by atoms with Crippen LogP contribution in [0.25, 0.3) is 0 Å². The van der Waals surface area contributed by atoms with Crippen LogP contribution in [0.5, 0.6) is 0 Å². The first kappa shape index (κ1) is 15.4. The van der Waals surface area contributed by atoms with Crippen molar-refractivity contribution >= 4 is 26.0 Å². The molecule has 1 aromatic carbocycles. The van der Waals surface area contributed by atoms with Crippen molar-refractivity contribution in [2.75, 3.05) is 13.6 Å². The van der Waals surface area contributed by atoms with Crippen molar-refractivity contribution < 1.29 is 8.42 Å². The maximum absolute atomic E-state index is 12.3. The van der Waals surface area contributed by atoms with Gasteiger partial charge in [0.15, 0.2) is 0 Å². The van der Waals surface area contributed by atoms with E-state index in [0.29, 0.717) is 15.9 Å². The van der Waals surface area contributed by atoms with E-state index in [1.54, 1.807) is 25.3 Å². The molecule has 18 heavy (non-hydrogen) atoms. The Morgan fingerprint density at radius 3 is 2.67 bits per heavy atom. The monoisotopic (exact) mass is 331 g/mol. The van der Waals surface area contributed by atoms with Gasteiger partial charge >= 0.3 is 0 Å². The lowest BCUT2D eigenvalue weighted by molar-refractivity contribution is 0.462. The van der Waals surface area contributed by atoms with E-state index in [9.17, 15) is 8.42 Å². The van der Waals surface area contributed by atoms with Crippen molar-refractivity contribution in [3.8, 4) is 0 Å². The van der Waals surface area contributed by atoms with Gasteiger partial charge in [-0.3, -0.25) is 0 Å². The fraction of sp³-hybridized carbons (Fsp3) is 0.385. The van der Waals surface area contributed by atoms with E-state index in [1.165, 1.54) is 4.31 Å². The predicted octanol–water partition coefficient (Wildman–Crippen LogP) is 3.34. The molecular formula is C13H18BrNO2S. The molecule has 1 aromatic rings. The first-order valence-electron chi connectivity index (χ1n) is 5.73. The Labute approximate surface area is 118 Å². The predicted molar refractivity (Wildman–Crippen MR) is 78.1 cm³/mol. The molecule has 0 aliphatic rings. The van der Waals surface area contributed by atoms with Crippen molar-refractivity contribution in [3.63, 3.8) is 0 Å². The number of rotatable bonds is 6. The van der Waals surface area contributed by atoms with Crippen molar-refractivity contribution in [2.24, 2.45) is 0 Å². The Morgan fingerprint density at radius 1 is 1.44 bits per heavy atom. The minimum absolute atomic E-state index is 0.314. The highest BCUT2D eigenvalue weighted by Crippen LogP contribution is 2.25. The van der Waals surface area contributed by atoms with Gasteiger partial charge in [0, 0.05) is 18.1 Å². The quantitative estimate of drug-likeness (QED) is 0.592. The Kier molecular flexibility index (Phi) is 5.56. The first-order valence-corrected chi connectivity index (χ1v) is 7.96. The zero-order valence-corrected chi connectivity index (χ0v) is 13.1. The number of benzene rings is 1. The Morgan fingerprint density at radius 2 is 2.11 bits per heavy atom. The van der Waals surface area contributed by atoms with Crippen molar-refractivity contribution in [2.45, 2.75) is 24.7 Å². The molecule has 0 aliphatic heterocycles. The number of aryl methyl sites for hydroxylation is 1. The van der Waals surface area contributed by atoms with Gasteiger partial charge in [0.05, 0.1) is 4.90 Å². The average Bonchev–Trinajstić information content (AvgIpc) is 2.28. The van der Waals surface area contributed by atoms with Crippen LogP contribution in [-0.2, 0) is 10.0 Å². The molecule has 1 rings (SSSR count). The van der Waals surface area contributed by atoms with Crippen LogP contribution in [0.15, 0.2) is 40.2 Å². The molecule has 0 saturated heterocycles. The summed E-state index contributed by atoms with van der Waals surface area (Å²) in [7, 11) is -1.81. The van der Waals surface area contributed by atoms with Crippen LogP contribution in [0.1, 0.15) is 18.4 Å². The summed E-state index contributed by atoms with van der Waals surface area (Å²) in [6, 6.07) is 5.25. The maximum atomic E-state index is 12.3. The highest BCUT2D eigenvalue weighted by molar-refractivity contribution is 9.10. The lowest BCUT2D eigenvalue weighted by Crippen LogP contribution is -2.28. The van der Waals surface area contributed by atoms with E-state index >= 15 is 0 Å². The first-order chi connectivity index (χ1) is 8.39. The third kappa shape index (κ3) is 3.67. The second-order valence-corrected chi connectivity index (χ2v) is 7.06. The molecule has 0 aromatic heterocycles. The fourth-order valence-electron chi connectivity index (χ4n) is 1.56. The van der Waals surface area contributed by atoms with E-state index in [0.717, 1.165) is 18.4 Å². The highest BCUT2D eigenvalue weighted by atomic mass is 79.9. The third-order valence-electron chi connectivity index (χ3n) is 2.66. The molecule has 0 aliphatic carbocycles. The molecule has 5 heteroatoms. The van der Waals surface area contributed by atoms with Crippen molar-refractivity contribution in [1.82, 2.24) is 4.31 Å². The summed E-state index contributed by atoms with van der Waals surface area (Å²) in [6.07, 6.45) is 3.39. The van der Waals surface area contributed by atoms with Gasteiger partial charge in [-0.25, -0.2) is 12.7 Å². The van der Waals surface area contributed by atoms with E-state index in [4.69, 9.17) is 0 Å². The molecular weight excluding hydrogens is 314 g/mol. The van der Waals surface area contributed by atoms with E-state index < -0.39 is 10.0 Å². The van der Waals surface area contributed by atoms with Crippen LogP contribution in [0.2, 0.25) is 0 Å². The van der Waals surface area contributed by atoms with E-state index in [2.05, 4.69) is 22.5 Å². The van der Waals surface area contributed by atoms with Crippen LogP contribution in [0.4, 0.5) is 0 Å². The zero-order valence-electron chi connectivity index (χ0n) is 10.7. The topological polar surface area (TPSA) is 37.4 Å². The molecule has 0 unspecified atom stereocenters. The van der Waals surface area contributed by atoms with E-state index in [1.807, 2.05) is 13.0 Å². The van der Waals surface area contributed by atoms with Gasteiger partial charge in [-0.15, -0.1) is 6.58 Å². The van der Waals surface area contributed by atoms with Gasteiger partial charge in [0.2, 0.25) is 10.0 Å². The molecule has 0 fully saturated rings. The van der Waals surface area contributed by atoms with Gasteiger partial charge in [0.25, 0.3) is 0 Å². The van der Waals surface area contributed by atoms with E-state index in [-0.39, 0.29) is 0 Å². The summed E-state index contributed by atoms with van der Waals surface area (Å²) in [5, 5.41) is 0. The van der Waals surface area contributed by atoms with Gasteiger partial charge in [0.1, 0.15) is 0 Å². The molecule has 0 amide bonds. The fourth-order valence-corrected chi connectivity index (χ4v) is 3.92. The van der Waals surface area contributed by atoms with Gasteiger partial charge in [-0.2, -0.15) is 0 Å². The molecule has 0 atom stereocenters. The standard InChI is InChI=1S/C13H18BrNO2S/c1-4-5-6-9-15(3)18(16,17)13-8-7-11(2)10-12(13)14/h4,7-8,10H,1,5-6,9H2,2-3H3. The summed E-state index contributed by atoms with van der Waals surface area (Å²) >= 11 is 3.31. The number of sulfonamides is 1. The number of halogens is 1. The summed E-state index contributed by atoms with van der Waals surface area (Å²) in [5.41, 5.74) is 1.02. The molecule has 0 saturated carbocycles. The molecule has 0 heterocycles. The summed E-state index contributed by atoms with van der Waals surface area (Å²) in [6.45, 7) is 6.05. The minimum Gasteiger partial charge on any atom is -0.207 e. The molecule has 0 N–H and O–H groups in total. The third-order valence-corrected chi connectivity index (χ3v) is 5.49. The number of hydrogen-bond donors (Lipinski definition) is 0. The molecule has 0 radical (unpaired) electrons. The maximum Gasteiger partial charge on any atom is 0.243 e. The van der Waals surface area contributed by atoms with Gasteiger partial charge in [-0.1, -0.05) is 12.1 Å². The number of allylic oxidation sites excluding steroid dienone is 1. The lowest BCUT2D eigenvalue weighted by atomic mass is 10.2. The van der Waals surface area contributed by atoms with Crippen LogP contribution in [0.3, 0.4) is 0 Å². The number of hydrogen-bond acceptors (Lipinski definition) is 2. The summed E-state index contributed by atoms with van der Waals surface area (Å²) in [5.74, 6) is 0. The Hall–Kier alpha value is -0.650. The zero-order chi connectivity index (χ0) is 13.8. The smallest absolute Gasteiger partial charge is 0.207 e. The average molecular weight is 332 g/mol. The van der Waals surface area contributed by atoms with Crippen LogP contribution >= 0.6 is 15.9 Å². The summed E-state index contributed by atoms with van der Waals surface area (Å²) < 4.78 is 26.6. The summed E-state index contributed by atoms with van der Waals surface area (Å²) in [4.78, 5) is 0.314.